The number of sulfonamides is 1. The van der Waals surface area contributed by atoms with E-state index < -0.39 is 16.0 Å². The molecule has 1 aromatic heterocycles. The molecule has 0 saturated carbocycles. The minimum absolute atomic E-state index is 0.185. The number of imidazole rings is 1. The van der Waals surface area contributed by atoms with Gasteiger partial charge in [0.05, 0.1) is 29.6 Å². The second-order valence-electron chi connectivity index (χ2n) is 9.76. The Morgan fingerprint density at radius 1 is 0.907 bits per heavy atom. The third kappa shape index (κ3) is 7.75. The Balaban J connectivity index is 1.33. The fraction of sp³-hybridized carbons (Fsp3) is 0.125. The van der Waals surface area contributed by atoms with Gasteiger partial charge in [0.1, 0.15) is 18.2 Å². The molecule has 0 aliphatic carbocycles. The third-order valence-corrected chi connectivity index (χ3v) is 7.68. The van der Waals surface area contributed by atoms with Crippen molar-refractivity contribution in [1.29, 1.82) is 0 Å². The molecule has 0 bridgehead atoms. The van der Waals surface area contributed by atoms with Crippen LogP contribution in [0.25, 0.3) is 22.4 Å². The van der Waals surface area contributed by atoms with Crippen LogP contribution in [0, 0.1) is 0 Å². The summed E-state index contributed by atoms with van der Waals surface area (Å²) in [6.45, 7) is 0.185. The van der Waals surface area contributed by atoms with Crippen LogP contribution in [-0.2, 0) is 27.8 Å². The maximum absolute atomic E-state index is 11.8. The zero-order chi connectivity index (χ0) is 30.6. The monoisotopic (exact) mass is 635 g/mol. The molecule has 5 rings (SSSR count). The topological polar surface area (TPSA) is 110 Å². The minimum atomic E-state index is -3.33. The zero-order valence-electron chi connectivity index (χ0n) is 23.2. The molecular weight excluding hydrogens is 609 g/mol. The van der Waals surface area contributed by atoms with E-state index in [1.807, 2.05) is 54.6 Å². The van der Waals surface area contributed by atoms with Crippen molar-refractivity contribution >= 4 is 44.9 Å². The second kappa shape index (κ2) is 12.9. The van der Waals surface area contributed by atoms with Gasteiger partial charge in [0.2, 0.25) is 10.0 Å². The van der Waals surface area contributed by atoms with Crippen molar-refractivity contribution in [2.45, 2.75) is 13.0 Å². The van der Waals surface area contributed by atoms with Gasteiger partial charge in [-0.1, -0.05) is 59.6 Å². The highest BCUT2D eigenvalue weighted by atomic mass is 35.5. The molecule has 5 aromatic rings. The van der Waals surface area contributed by atoms with Crippen LogP contribution in [0.2, 0.25) is 10.0 Å². The van der Waals surface area contributed by atoms with Gasteiger partial charge in [-0.2, -0.15) is 0 Å². The number of nitrogens with one attached hydrogen (secondary N) is 2. The average molecular weight is 637 g/mol. The molecule has 0 amide bonds. The first-order valence-electron chi connectivity index (χ1n) is 13.1. The van der Waals surface area contributed by atoms with Gasteiger partial charge in [-0.3, -0.25) is 4.72 Å². The number of carbonyl (C=O) groups is 1. The molecule has 0 aliphatic heterocycles. The van der Waals surface area contributed by atoms with Crippen LogP contribution < -0.4 is 9.46 Å². The predicted molar refractivity (Wildman–Crippen MR) is 169 cm³/mol. The Morgan fingerprint density at radius 3 is 2.16 bits per heavy atom. The number of carbonyl (C=O) groups excluding carboxylic acids is 1. The first-order chi connectivity index (χ1) is 20.6. The van der Waals surface area contributed by atoms with E-state index in [2.05, 4.69) is 9.71 Å². The number of methoxy groups -OCH3 is 1. The van der Waals surface area contributed by atoms with Crippen LogP contribution in [0.1, 0.15) is 27.4 Å². The van der Waals surface area contributed by atoms with E-state index >= 15 is 0 Å². The smallest absolute Gasteiger partial charge is 0.337 e. The molecule has 0 radical (unpaired) electrons. The quantitative estimate of drug-likeness (QED) is 0.155. The highest BCUT2D eigenvalue weighted by Gasteiger charge is 2.17. The SMILES string of the molecule is COC(=O)c1ccc(Cc2[nH]c(COc3ccc(-c4ccc(NS(C)(=O)=O)cc4)cc3)nc2-c2ccc(Cl)cc2Cl)cc1. The van der Waals surface area contributed by atoms with Gasteiger partial charge in [-0.05, 0) is 71.3 Å². The average Bonchev–Trinajstić information content (AvgIpc) is 3.38. The fourth-order valence-electron chi connectivity index (χ4n) is 4.49. The number of aromatic amines is 1. The van der Waals surface area contributed by atoms with Crippen LogP contribution >= 0.6 is 23.2 Å². The first kappa shape index (κ1) is 30.2. The van der Waals surface area contributed by atoms with E-state index in [1.165, 1.54) is 7.11 Å². The number of anilines is 1. The maximum atomic E-state index is 11.8. The van der Waals surface area contributed by atoms with Crippen LogP contribution in [0.4, 0.5) is 5.69 Å². The molecule has 1 heterocycles. The van der Waals surface area contributed by atoms with Gasteiger partial charge in [-0.15, -0.1) is 0 Å². The number of halogens is 2. The Labute approximate surface area is 259 Å². The first-order valence-corrected chi connectivity index (χ1v) is 15.7. The van der Waals surface area contributed by atoms with Crippen molar-refractivity contribution in [3.8, 4) is 28.1 Å². The second-order valence-corrected chi connectivity index (χ2v) is 12.4. The van der Waals surface area contributed by atoms with Crippen molar-refractivity contribution in [3.05, 3.63) is 124 Å². The lowest BCUT2D eigenvalue weighted by atomic mass is 10.0. The molecule has 0 spiro atoms. The summed E-state index contributed by atoms with van der Waals surface area (Å²) in [5.41, 5.74) is 6.07. The van der Waals surface area contributed by atoms with Gasteiger partial charge in [0.25, 0.3) is 0 Å². The third-order valence-electron chi connectivity index (χ3n) is 6.52. The largest absolute Gasteiger partial charge is 0.486 e. The lowest BCUT2D eigenvalue weighted by Gasteiger charge is -2.08. The van der Waals surface area contributed by atoms with E-state index in [-0.39, 0.29) is 6.61 Å². The van der Waals surface area contributed by atoms with E-state index in [9.17, 15) is 13.2 Å². The molecule has 0 atom stereocenters. The number of aromatic nitrogens is 2. The number of hydrogen-bond donors (Lipinski definition) is 2. The Bertz CT molecular complexity index is 1860. The van der Waals surface area contributed by atoms with Gasteiger partial charge in [0.15, 0.2) is 0 Å². The van der Waals surface area contributed by atoms with Crippen molar-refractivity contribution < 1.29 is 22.7 Å². The Morgan fingerprint density at radius 2 is 1.56 bits per heavy atom. The summed E-state index contributed by atoms with van der Waals surface area (Å²) >= 11 is 12.7. The van der Waals surface area contributed by atoms with Crippen LogP contribution in [0.15, 0.2) is 91.0 Å². The van der Waals surface area contributed by atoms with E-state index in [0.717, 1.165) is 34.2 Å². The molecule has 43 heavy (non-hydrogen) atoms. The zero-order valence-corrected chi connectivity index (χ0v) is 25.6. The summed E-state index contributed by atoms with van der Waals surface area (Å²) in [6.07, 6.45) is 1.62. The lowest BCUT2D eigenvalue weighted by Crippen LogP contribution is -2.09. The summed E-state index contributed by atoms with van der Waals surface area (Å²) in [7, 11) is -1.98. The van der Waals surface area contributed by atoms with E-state index in [1.54, 1.807) is 36.4 Å². The summed E-state index contributed by atoms with van der Waals surface area (Å²) in [4.78, 5) is 20.0. The van der Waals surface area contributed by atoms with Gasteiger partial charge in [-0.25, -0.2) is 18.2 Å². The number of esters is 1. The Hall–Kier alpha value is -4.31. The number of rotatable bonds is 10. The van der Waals surface area contributed by atoms with Crippen LogP contribution in [-0.4, -0.2) is 37.7 Å². The molecule has 11 heteroatoms. The molecule has 0 unspecified atom stereocenters. The van der Waals surface area contributed by atoms with E-state index in [0.29, 0.717) is 45.0 Å². The number of H-pyrrole nitrogens is 1. The number of hydrogen-bond acceptors (Lipinski definition) is 6. The molecule has 0 aliphatic rings. The van der Waals surface area contributed by atoms with Gasteiger partial charge < -0.3 is 14.5 Å². The van der Waals surface area contributed by atoms with Crippen molar-refractivity contribution in [2.24, 2.45) is 0 Å². The summed E-state index contributed by atoms with van der Waals surface area (Å²) < 4.78 is 36.2. The highest BCUT2D eigenvalue weighted by Crippen LogP contribution is 2.33. The summed E-state index contributed by atoms with van der Waals surface area (Å²) in [5.74, 6) is 0.871. The Kier molecular flexibility index (Phi) is 9.05. The van der Waals surface area contributed by atoms with Gasteiger partial charge >= 0.3 is 5.97 Å². The molecule has 220 valence electrons. The number of ether oxygens (including phenoxy) is 2. The van der Waals surface area contributed by atoms with Gasteiger partial charge in [0, 0.05) is 28.4 Å². The minimum Gasteiger partial charge on any atom is -0.486 e. The normalized spacial score (nSPS) is 11.3. The fourth-order valence-corrected chi connectivity index (χ4v) is 5.55. The predicted octanol–water partition coefficient (Wildman–Crippen LogP) is 7.38. The summed E-state index contributed by atoms with van der Waals surface area (Å²) in [5, 5.41) is 1.00. The van der Waals surface area contributed by atoms with Crippen molar-refractivity contribution in [3.63, 3.8) is 0 Å². The van der Waals surface area contributed by atoms with Crippen LogP contribution in [0.5, 0.6) is 5.75 Å². The molecule has 0 saturated heterocycles. The lowest BCUT2D eigenvalue weighted by molar-refractivity contribution is 0.0600. The number of nitrogens with zero attached hydrogens (tertiary/aromatic N) is 1. The standard InChI is InChI=1S/C32H27Cl2N3O5S/c1-41-32(38)23-5-3-20(4-6-23)17-29-31(27-16-11-24(33)18-28(27)34)36-30(35-29)19-42-26-14-9-22(10-15-26)21-7-12-25(13-8-21)37-43(2,39)40/h3-16,18,37H,17,19H2,1-2H3,(H,35,36). The molecule has 2 N–H and O–H groups in total. The highest BCUT2D eigenvalue weighted by molar-refractivity contribution is 7.92. The van der Waals surface area contributed by atoms with Crippen molar-refractivity contribution in [1.82, 2.24) is 9.97 Å². The van der Waals surface area contributed by atoms with E-state index in [4.69, 9.17) is 37.7 Å². The molecule has 4 aromatic carbocycles. The van der Waals surface area contributed by atoms with Crippen molar-refractivity contribution in [2.75, 3.05) is 18.1 Å². The number of benzene rings is 4. The summed E-state index contributed by atoms with van der Waals surface area (Å²) in [6, 6.07) is 27.2. The maximum Gasteiger partial charge on any atom is 0.337 e. The molecular formula is C32H27Cl2N3O5S. The molecule has 8 nitrogen and oxygen atoms in total. The van der Waals surface area contributed by atoms with Crippen LogP contribution in [0.3, 0.4) is 0 Å². The molecule has 0 fully saturated rings.